The molecule has 1 fully saturated rings. The van der Waals surface area contributed by atoms with Crippen molar-refractivity contribution in [2.24, 2.45) is 0 Å². The molecule has 0 bridgehead atoms. The van der Waals surface area contributed by atoms with Crippen LogP contribution in [0.2, 0.25) is 0 Å². The quantitative estimate of drug-likeness (QED) is 0.579. The van der Waals surface area contributed by atoms with Crippen LogP contribution >= 0.6 is 0 Å². The number of ether oxygens (including phenoxy) is 2. The van der Waals surface area contributed by atoms with Crippen molar-refractivity contribution in [2.75, 3.05) is 6.61 Å². The van der Waals surface area contributed by atoms with Crippen LogP contribution in [0.4, 0.5) is 0 Å². The molecule has 1 saturated carbocycles. The van der Waals surface area contributed by atoms with Gasteiger partial charge in [0.25, 0.3) is 5.91 Å². The second-order valence-corrected chi connectivity index (χ2v) is 7.53. The maximum atomic E-state index is 12.7. The monoisotopic (exact) mass is 418 g/mol. The third-order valence-electron chi connectivity index (χ3n) is 5.39. The molecule has 1 amide bonds. The molecule has 1 aromatic heterocycles. The van der Waals surface area contributed by atoms with Crippen LogP contribution in [0.25, 0.3) is 11.0 Å². The summed E-state index contributed by atoms with van der Waals surface area (Å²) in [5.41, 5.74) is 0.214. The number of hydrogen-bond donors (Lipinski definition) is 1. The Kier molecular flexibility index (Phi) is 5.89. The van der Waals surface area contributed by atoms with Gasteiger partial charge in [-0.1, -0.05) is 36.4 Å². The Balaban J connectivity index is 1.47. The van der Waals surface area contributed by atoms with Gasteiger partial charge < -0.3 is 19.2 Å². The zero-order valence-electron chi connectivity index (χ0n) is 16.9. The van der Waals surface area contributed by atoms with Gasteiger partial charge in [0.15, 0.2) is 6.61 Å². The number of nitriles is 1. The van der Waals surface area contributed by atoms with Gasteiger partial charge >= 0.3 is 5.97 Å². The number of rotatable bonds is 7. The minimum Gasteiger partial charge on any atom is -0.489 e. The van der Waals surface area contributed by atoms with Crippen molar-refractivity contribution in [1.82, 2.24) is 5.32 Å². The third kappa shape index (κ3) is 4.53. The Hall–Kier alpha value is -3.79. The molecule has 0 unspecified atom stereocenters. The van der Waals surface area contributed by atoms with E-state index in [9.17, 15) is 14.9 Å². The molecule has 1 aliphatic rings. The molecule has 0 atom stereocenters. The molecule has 1 N–H and O–H groups in total. The van der Waals surface area contributed by atoms with Gasteiger partial charge in [-0.3, -0.25) is 4.79 Å². The van der Waals surface area contributed by atoms with Crippen LogP contribution in [0.5, 0.6) is 5.75 Å². The van der Waals surface area contributed by atoms with E-state index < -0.39 is 24.0 Å². The van der Waals surface area contributed by atoms with Crippen molar-refractivity contribution in [1.29, 1.82) is 5.26 Å². The van der Waals surface area contributed by atoms with E-state index >= 15 is 0 Å². The number of amides is 1. The van der Waals surface area contributed by atoms with Crippen LogP contribution in [-0.2, 0) is 16.1 Å². The van der Waals surface area contributed by atoms with Gasteiger partial charge in [-0.2, -0.15) is 5.26 Å². The first-order valence-corrected chi connectivity index (χ1v) is 10.2. The summed E-state index contributed by atoms with van der Waals surface area (Å²) >= 11 is 0. The maximum Gasteiger partial charge on any atom is 0.375 e. The van der Waals surface area contributed by atoms with Crippen LogP contribution in [0, 0.1) is 11.3 Å². The molecule has 2 aromatic carbocycles. The summed E-state index contributed by atoms with van der Waals surface area (Å²) in [6.07, 6.45) is 2.98. The number of benzene rings is 2. The lowest BCUT2D eigenvalue weighted by molar-refractivity contribution is -0.125. The summed E-state index contributed by atoms with van der Waals surface area (Å²) in [6.45, 7) is -0.381. The molecule has 4 rings (SSSR count). The molecule has 31 heavy (non-hydrogen) atoms. The lowest BCUT2D eigenvalue weighted by atomic mass is 10.00. The van der Waals surface area contributed by atoms with Crippen LogP contribution in [0.15, 0.2) is 59.0 Å². The number of para-hydroxylation sites is 2. The van der Waals surface area contributed by atoms with Gasteiger partial charge in [-0.15, -0.1) is 0 Å². The first-order valence-electron chi connectivity index (χ1n) is 10.2. The number of carbonyl (C=O) groups is 2. The Bertz CT molecular complexity index is 1120. The summed E-state index contributed by atoms with van der Waals surface area (Å²) < 4.78 is 16.7. The van der Waals surface area contributed by atoms with E-state index in [0.29, 0.717) is 29.7 Å². The Labute approximate surface area is 179 Å². The predicted octanol–water partition coefficient (Wildman–Crippen LogP) is 4.12. The first kappa shape index (κ1) is 20.5. The van der Waals surface area contributed by atoms with Gasteiger partial charge in [0, 0.05) is 5.39 Å². The largest absolute Gasteiger partial charge is 0.489 e. The van der Waals surface area contributed by atoms with Crippen LogP contribution in [-0.4, -0.2) is 24.0 Å². The smallest absolute Gasteiger partial charge is 0.375 e. The normalized spacial score (nSPS) is 14.7. The molecule has 7 nitrogen and oxygen atoms in total. The fraction of sp³-hybridized carbons (Fsp3) is 0.292. The topological polar surface area (TPSA) is 102 Å². The average molecular weight is 418 g/mol. The van der Waals surface area contributed by atoms with Crippen molar-refractivity contribution in [2.45, 2.75) is 37.8 Å². The second-order valence-electron chi connectivity index (χ2n) is 7.53. The number of carbonyl (C=O) groups excluding carboxylic acids is 2. The van der Waals surface area contributed by atoms with E-state index in [1.165, 1.54) is 0 Å². The Morgan fingerprint density at radius 1 is 1.06 bits per heavy atom. The molecule has 158 valence electrons. The van der Waals surface area contributed by atoms with Crippen LogP contribution < -0.4 is 10.1 Å². The molecule has 7 heteroatoms. The average Bonchev–Trinajstić information content (AvgIpc) is 3.42. The fourth-order valence-electron chi connectivity index (χ4n) is 3.82. The van der Waals surface area contributed by atoms with E-state index in [2.05, 4.69) is 11.4 Å². The summed E-state index contributed by atoms with van der Waals surface area (Å²) in [6, 6.07) is 18.6. The fourth-order valence-corrected chi connectivity index (χ4v) is 3.82. The summed E-state index contributed by atoms with van der Waals surface area (Å²) in [7, 11) is 0. The molecule has 0 radical (unpaired) electrons. The summed E-state index contributed by atoms with van der Waals surface area (Å²) in [5.74, 6) is -0.601. The summed E-state index contributed by atoms with van der Waals surface area (Å²) in [4.78, 5) is 25.0. The van der Waals surface area contributed by atoms with Crippen molar-refractivity contribution >= 4 is 22.8 Å². The SMILES string of the molecule is N#CC1(NC(=O)COC(=O)c2oc3ccccc3c2COc2ccccc2)CCCC1. The maximum absolute atomic E-state index is 12.7. The Morgan fingerprint density at radius 2 is 1.77 bits per heavy atom. The van der Waals surface area contributed by atoms with Crippen molar-refractivity contribution in [3.63, 3.8) is 0 Å². The zero-order valence-corrected chi connectivity index (χ0v) is 16.9. The molecule has 0 spiro atoms. The molecular formula is C24H22N2O5. The van der Waals surface area contributed by atoms with Gasteiger partial charge in [0.2, 0.25) is 5.76 Å². The lowest BCUT2D eigenvalue weighted by Crippen LogP contribution is -2.46. The standard InChI is InChI=1S/C24H22N2O5/c25-16-24(12-6-7-13-24)26-21(27)15-30-23(28)22-19(14-29-17-8-2-1-3-9-17)18-10-4-5-11-20(18)31-22/h1-5,8-11H,6-7,12-15H2,(H,26,27). The Morgan fingerprint density at radius 3 is 2.52 bits per heavy atom. The number of esters is 1. The highest BCUT2D eigenvalue weighted by Gasteiger charge is 2.35. The van der Waals surface area contributed by atoms with Crippen LogP contribution in [0.1, 0.15) is 41.8 Å². The minimum absolute atomic E-state index is 0.000735. The number of nitrogens with one attached hydrogen (secondary N) is 1. The minimum atomic E-state index is -0.864. The predicted molar refractivity (Wildman–Crippen MR) is 112 cm³/mol. The van der Waals surface area contributed by atoms with E-state index in [0.717, 1.165) is 18.2 Å². The molecule has 3 aromatic rings. The highest BCUT2D eigenvalue weighted by molar-refractivity contribution is 5.97. The second kappa shape index (κ2) is 8.92. The number of hydrogen-bond acceptors (Lipinski definition) is 6. The highest BCUT2D eigenvalue weighted by Crippen LogP contribution is 2.29. The molecule has 1 heterocycles. The van der Waals surface area contributed by atoms with Gasteiger partial charge in [-0.25, -0.2) is 4.79 Å². The molecule has 0 aliphatic heterocycles. The van der Waals surface area contributed by atoms with Crippen LogP contribution in [0.3, 0.4) is 0 Å². The zero-order chi connectivity index (χ0) is 21.7. The molecular weight excluding hydrogens is 396 g/mol. The molecule has 0 saturated heterocycles. The van der Waals surface area contributed by atoms with Crippen molar-refractivity contribution in [3.8, 4) is 11.8 Å². The number of furan rings is 1. The molecule has 1 aliphatic carbocycles. The lowest BCUT2D eigenvalue weighted by Gasteiger charge is -2.21. The highest BCUT2D eigenvalue weighted by atomic mass is 16.5. The van der Waals surface area contributed by atoms with Crippen molar-refractivity contribution in [3.05, 3.63) is 65.9 Å². The van der Waals surface area contributed by atoms with E-state index in [4.69, 9.17) is 13.9 Å². The van der Waals surface area contributed by atoms with Gasteiger partial charge in [-0.05, 0) is 43.9 Å². The van der Waals surface area contributed by atoms with E-state index in [1.807, 2.05) is 42.5 Å². The summed E-state index contributed by atoms with van der Waals surface area (Å²) in [5, 5.41) is 12.8. The van der Waals surface area contributed by atoms with Gasteiger partial charge in [0.1, 0.15) is 23.5 Å². The number of nitrogens with zero attached hydrogens (tertiary/aromatic N) is 1. The van der Waals surface area contributed by atoms with E-state index in [-0.39, 0.29) is 12.4 Å². The van der Waals surface area contributed by atoms with Gasteiger partial charge in [0.05, 0.1) is 11.6 Å². The van der Waals surface area contributed by atoms with E-state index in [1.54, 1.807) is 12.1 Å². The van der Waals surface area contributed by atoms with Crippen molar-refractivity contribution < 1.29 is 23.5 Å². The first-order chi connectivity index (χ1) is 15.1. The third-order valence-corrected chi connectivity index (χ3v) is 5.39. The number of fused-ring (bicyclic) bond motifs is 1.